The molecule has 0 aromatic rings. The molecule has 0 aromatic heterocycles. The maximum Gasteiger partial charge on any atom is 0.244 e. The number of hydrogen-bond acceptors (Lipinski definition) is 7. The second kappa shape index (κ2) is 10.9. The molecule has 3 N–H and O–H groups in total. The van der Waals surface area contributed by atoms with Gasteiger partial charge in [-0.1, -0.05) is 27.7 Å². The minimum atomic E-state index is -0.696. The number of carbonyl (C=O) groups is 3. The molecular weight excluding hydrogens is 468 g/mol. The molecule has 2 bridgehead atoms. The SMILES string of the molecule is CCCNC(=O)[C@@H]1[C@H]2C(=O)N([C@@H](CO)C(C)C)C(C(=O)NCCN3CCOCC3)C23S[C@@H]1CC3C. The third-order valence-electron chi connectivity index (χ3n) is 8.43. The van der Waals surface area contributed by atoms with Crippen LogP contribution < -0.4 is 10.6 Å². The van der Waals surface area contributed by atoms with Crippen LogP contribution in [0.2, 0.25) is 0 Å². The smallest absolute Gasteiger partial charge is 0.244 e. The number of nitrogens with one attached hydrogen (secondary N) is 2. The second-order valence-electron chi connectivity index (χ2n) is 10.8. The van der Waals surface area contributed by atoms with Gasteiger partial charge in [0.05, 0.1) is 42.4 Å². The molecule has 4 rings (SSSR count). The number of ether oxygens (including phenoxy) is 1. The van der Waals surface area contributed by atoms with Crippen molar-refractivity contribution in [2.45, 2.75) is 62.6 Å². The Morgan fingerprint density at radius 3 is 2.51 bits per heavy atom. The lowest BCUT2D eigenvalue weighted by molar-refractivity contribution is -0.143. The maximum absolute atomic E-state index is 14.1. The van der Waals surface area contributed by atoms with E-state index >= 15 is 0 Å². The fourth-order valence-corrected chi connectivity index (χ4v) is 9.07. The van der Waals surface area contributed by atoms with Crippen LogP contribution in [-0.2, 0) is 19.1 Å². The zero-order valence-corrected chi connectivity index (χ0v) is 22.3. The largest absolute Gasteiger partial charge is 0.394 e. The molecule has 0 aliphatic carbocycles. The first-order chi connectivity index (χ1) is 16.8. The summed E-state index contributed by atoms with van der Waals surface area (Å²) in [5.74, 6) is -1.26. The number of fused-ring (bicyclic) bond motifs is 1. The van der Waals surface area contributed by atoms with Crippen molar-refractivity contribution in [1.29, 1.82) is 0 Å². The van der Waals surface area contributed by atoms with Crippen LogP contribution in [0.15, 0.2) is 0 Å². The highest BCUT2D eigenvalue weighted by Crippen LogP contribution is 2.68. The summed E-state index contributed by atoms with van der Waals surface area (Å²) in [6.07, 6.45) is 1.65. The number of nitrogens with zero attached hydrogens (tertiary/aromatic N) is 2. The lowest BCUT2D eigenvalue weighted by Gasteiger charge is -2.41. The molecule has 3 amide bonds. The molecule has 35 heavy (non-hydrogen) atoms. The Hall–Kier alpha value is -1.36. The zero-order chi connectivity index (χ0) is 25.3. The van der Waals surface area contributed by atoms with Crippen molar-refractivity contribution < 1.29 is 24.2 Å². The van der Waals surface area contributed by atoms with Crippen LogP contribution in [0.3, 0.4) is 0 Å². The van der Waals surface area contributed by atoms with Gasteiger partial charge in [-0.25, -0.2) is 0 Å². The van der Waals surface area contributed by atoms with Crippen LogP contribution in [0.1, 0.15) is 40.5 Å². The van der Waals surface area contributed by atoms with Crippen molar-refractivity contribution >= 4 is 29.5 Å². The summed E-state index contributed by atoms with van der Waals surface area (Å²) in [7, 11) is 0. The summed E-state index contributed by atoms with van der Waals surface area (Å²) < 4.78 is 4.76. The van der Waals surface area contributed by atoms with E-state index in [1.807, 2.05) is 20.8 Å². The molecular formula is C25H42N4O5S. The predicted molar refractivity (Wildman–Crippen MR) is 135 cm³/mol. The second-order valence-corrected chi connectivity index (χ2v) is 12.4. The summed E-state index contributed by atoms with van der Waals surface area (Å²) in [5.41, 5.74) is 0. The van der Waals surface area contributed by atoms with Crippen LogP contribution in [0.25, 0.3) is 0 Å². The molecule has 0 radical (unpaired) electrons. The Bertz CT molecular complexity index is 807. The summed E-state index contributed by atoms with van der Waals surface area (Å²) in [5, 5.41) is 16.4. The molecule has 4 aliphatic rings. The molecule has 7 atom stereocenters. The number of thioether (sulfide) groups is 1. The van der Waals surface area contributed by atoms with Crippen molar-refractivity contribution in [3.8, 4) is 0 Å². The molecule has 1 spiro atoms. The first kappa shape index (κ1) is 26.7. The number of aliphatic hydroxyl groups excluding tert-OH is 1. The van der Waals surface area contributed by atoms with Crippen LogP contribution in [0, 0.1) is 23.7 Å². The van der Waals surface area contributed by atoms with Crippen molar-refractivity contribution in [3.63, 3.8) is 0 Å². The highest BCUT2D eigenvalue weighted by Gasteiger charge is 2.76. The summed E-state index contributed by atoms with van der Waals surface area (Å²) in [6.45, 7) is 12.7. The fraction of sp³-hybridized carbons (Fsp3) is 0.880. The molecule has 10 heteroatoms. The Kier molecular flexibility index (Phi) is 8.35. The molecule has 9 nitrogen and oxygen atoms in total. The van der Waals surface area contributed by atoms with Gasteiger partial charge in [0.1, 0.15) is 6.04 Å². The van der Waals surface area contributed by atoms with E-state index in [4.69, 9.17) is 4.74 Å². The number of likely N-dealkylation sites (tertiary alicyclic amines) is 1. The standard InChI is InChI=1S/C25H42N4O5S/c1-5-6-26-22(31)19-18-13-16(4)25(35-18)20(19)24(33)29(17(14-30)15(2)3)21(25)23(32)27-7-8-28-9-11-34-12-10-28/h15-21,30H,5-14H2,1-4H3,(H,26,31)(H,27,32)/t16?,17-,18+,19-,20-,21?,25?/m0/s1. The number of hydrogen-bond donors (Lipinski definition) is 3. The molecule has 3 unspecified atom stereocenters. The lowest BCUT2D eigenvalue weighted by atomic mass is 9.66. The number of carbonyl (C=O) groups excluding carboxylic acids is 3. The van der Waals surface area contributed by atoms with E-state index in [-0.39, 0.29) is 41.4 Å². The number of aliphatic hydroxyl groups is 1. The molecule has 0 aromatic carbocycles. The Morgan fingerprint density at radius 1 is 1.20 bits per heavy atom. The average molecular weight is 511 g/mol. The van der Waals surface area contributed by atoms with E-state index in [1.54, 1.807) is 16.7 Å². The normalized spacial score (nSPS) is 35.4. The number of amides is 3. The average Bonchev–Trinajstić information content (AvgIpc) is 3.42. The van der Waals surface area contributed by atoms with Gasteiger partial charge in [0.2, 0.25) is 17.7 Å². The fourth-order valence-electron chi connectivity index (χ4n) is 6.66. The van der Waals surface area contributed by atoms with Crippen LogP contribution in [0.5, 0.6) is 0 Å². The van der Waals surface area contributed by atoms with Crippen LogP contribution >= 0.6 is 11.8 Å². The van der Waals surface area contributed by atoms with E-state index in [9.17, 15) is 19.5 Å². The van der Waals surface area contributed by atoms with Crippen LogP contribution in [-0.4, -0.2) is 107 Å². The molecule has 0 saturated carbocycles. The van der Waals surface area contributed by atoms with Gasteiger partial charge >= 0.3 is 0 Å². The topological polar surface area (TPSA) is 111 Å². The summed E-state index contributed by atoms with van der Waals surface area (Å²) in [6, 6.07) is -1.16. The third kappa shape index (κ3) is 4.60. The highest BCUT2D eigenvalue weighted by molar-refractivity contribution is 8.02. The first-order valence-electron chi connectivity index (χ1n) is 13.2. The van der Waals surface area contributed by atoms with Crippen molar-refractivity contribution in [1.82, 2.24) is 20.4 Å². The van der Waals surface area contributed by atoms with Gasteiger partial charge < -0.3 is 25.4 Å². The zero-order valence-electron chi connectivity index (χ0n) is 21.5. The Morgan fingerprint density at radius 2 is 1.89 bits per heavy atom. The van der Waals surface area contributed by atoms with E-state index in [1.165, 1.54) is 0 Å². The molecule has 4 fully saturated rings. The van der Waals surface area contributed by atoms with Gasteiger partial charge in [-0.05, 0) is 24.7 Å². The quantitative estimate of drug-likeness (QED) is 0.388. The van der Waals surface area contributed by atoms with Crippen molar-refractivity contribution in [2.75, 3.05) is 52.5 Å². The summed E-state index contributed by atoms with van der Waals surface area (Å²) >= 11 is 1.68. The first-order valence-corrected chi connectivity index (χ1v) is 14.1. The van der Waals surface area contributed by atoms with E-state index in [0.29, 0.717) is 26.3 Å². The predicted octanol–water partition coefficient (Wildman–Crippen LogP) is 0.315. The number of morpholine rings is 1. The van der Waals surface area contributed by atoms with Crippen molar-refractivity contribution in [2.24, 2.45) is 23.7 Å². The maximum atomic E-state index is 14.1. The minimum Gasteiger partial charge on any atom is -0.394 e. The molecule has 4 aliphatic heterocycles. The lowest BCUT2D eigenvalue weighted by Crippen LogP contribution is -2.59. The third-order valence-corrected chi connectivity index (χ3v) is 10.5. The van der Waals surface area contributed by atoms with E-state index in [2.05, 4.69) is 22.5 Å². The molecule has 4 heterocycles. The summed E-state index contributed by atoms with van der Waals surface area (Å²) in [4.78, 5) is 45.1. The Balaban J connectivity index is 1.62. The monoisotopic (exact) mass is 510 g/mol. The van der Waals surface area contributed by atoms with Gasteiger partial charge in [-0.2, -0.15) is 0 Å². The van der Waals surface area contributed by atoms with Gasteiger partial charge in [0, 0.05) is 38.0 Å². The Labute approximate surface area is 213 Å². The number of rotatable bonds is 10. The van der Waals surface area contributed by atoms with Crippen molar-refractivity contribution in [3.05, 3.63) is 0 Å². The van der Waals surface area contributed by atoms with Gasteiger partial charge in [-0.15, -0.1) is 11.8 Å². The molecule has 198 valence electrons. The van der Waals surface area contributed by atoms with Crippen LogP contribution in [0.4, 0.5) is 0 Å². The molecule has 4 saturated heterocycles. The van der Waals surface area contributed by atoms with E-state index in [0.717, 1.165) is 32.5 Å². The minimum absolute atomic E-state index is 0.0206. The van der Waals surface area contributed by atoms with E-state index < -0.39 is 28.7 Å². The highest BCUT2D eigenvalue weighted by atomic mass is 32.2. The van der Waals surface area contributed by atoms with Gasteiger partial charge in [0.25, 0.3) is 0 Å². The van der Waals surface area contributed by atoms with Gasteiger partial charge in [0.15, 0.2) is 0 Å². The van der Waals surface area contributed by atoms with Gasteiger partial charge in [-0.3, -0.25) is 19.3 Å².